The smallest absolute Gasteiger partial charge is 0.0595 e. The van der Waals surface area contributed by atoms with Crippen LogP contribution in [0.1, 0.15) is 32.8 Å². The Morgan fingerprint density at radius 1 is 1.35 bits per heavy atom. The van der Waals surface area contributed by atoms with Gasteiger partial charge in [0.1, 0.15) is 0 Å². The summed E-state index contributed by atoms with van der Waals surface area (Å²) in [5.74, 6) is 0.714. The highest BCUT2D eigenvalue weighted by Gasteiger charge is 2.51. The minimum atomic E-state index is 0.262. The van der Waals surface area contributed by atoms with Crippen LogP contribution in [-0.4, -0.2) is 12.6 Å². The Balaban J connectivity index is 2.20. The van der Waals surface area contributed by atoms with E-state index in [1.54, 1.807) is 0 Å². The fourth-order valence-electron chi connectivity index (χ4n) is 2.43. The van der Waals surface area contributed by atoms with Crippen molar-refractivity contribution >= 4 is 23.2 Å². The molecule has 1 aromatic rings. The molecule has 0 spiro atoms. The first kappa shape index (κ1) is 13.2. The molecule has 0 amide bonds. The maximum Gasteiger partial charge on any atom is 0.0595 e. The number of hydrogen-bond donors (Lipinski definition) is 1. The SMILES string of the molecule is CC(C)NCC1(c2ccc(Cl)c(Cl)c2)CC1C. The summed E-state index contributed by atoms with van der Waals surface area (Å²) in [5.41, 5.74) is 1.57. The average Bonchev–Trinajstić information content (AvgIpc) is 2.92. The van der Waals surface area contributed by atoms with Gasteiger partial charge < -0.3 is 5.32 Å². The van der Waals surface area contributed by atoms with E-state index in [9.17, 15) is 0 Å². The Morgan fingerprint density at radius 2 is 2.00 bits per heavy atom. The third kappa shape index (κ3) is 2.62. The molecular weight excluding hydrogens is 253 g/mol. The molecule has 3 heteroatoms. The van der Waals surface area contributed by atoms with Crippen LogP contribution in [-0.2, 0) is 5.41 Å². The van der Waals surface area contributed by atoms with Gasteiger partial charge in [0.15, 0.2) is 0 Å². The summed E-state index contributed by atoms with van der Waals surface area (Å²) in [7, 11) is 0. The molecule has 1 nitrogen and oxygen atoms in total. The van der Waals surface area contributed by atoms with E-state index in [4.69, 9.17) is 23.2 Å². The van der Waals surface area contributed by atoms with Crippen LogP contribution in [0.5, 0.6) is 0 Å². The van der Waals surface area contributed by atoms with Crippen molar-refractivity contribution < 1.29 is 0 Å². The third-order valence-corrected chi connectivity index (χ3v) is 4.51. The van der Waals surface area contributed by atoms with Gasteiger partial charge in [0.05, 0.1) is 10.0 Å². The second-order valence-electron chi connectivity index (χ2n) is 5.43. The Kier molecular flexibility index (Phi) is 3.72. The lowest BCUT2D eigenvalue weighted by Crippen LogP contribution is -2.33. The predicted molar refractivity (Wildman–Crippen MR) is 75.1 cm³/mol. The fraction of sp³-hybridized carbons (Fsp3) is 0.571. The second kappa shape index (κ2) is 4.79. The van der Waals surface area contributed by atoms with E-state index >= 15 is 0 Å². The third-order valence-electron chi connectivity index (χ3n) is 3.77. The highest BCUT2D eigenvalue weighted by Crippen LogP contribution is 2.54. The number of hydrogen-bond acceptors (Lipinski definition) is 1. The van der Waals surface area contributed by atoms with Gasteiger partial charge in [0.2, 0.25) is 0 Å². The van der Waals surface area contributed by atoms with Gasteiger partial charge in [0, 0.05) is 18.0 Å². The number of halogens is 2. The largest absolute Gasteiger partial charge is 0.314 e. The summed E-state index contributed by atoms with van der Waals surface area (Å²) >= 11 is 12.1. The van der Waals surface area contributed by atoms with Crippen molar-refractivity contribution in [3.05, 3.63) is 33.8 Å². The lowest BCUT2D eigenvalue weighted by atomic mass is 9.93. The Morgan fingerprint density at radius 3 is 2.47 bits per heavy atom. The van der Waals surface area contributed by atoms with Gasteiger partial charge >= 0.3 is 0 Å². The zero-order valence-corrected chi connectivity index (χ0v) is 12.1. The topological polar surface area (TPSA) is 12.0 Å². The van der Waals surface area contributed by atoms with Crippen LogP contribution in [0.3, 0.4) is 0 Å². The van der Waals surface area contributed by atoms with Crippen LogP contribution in [0.25, 0.3) is 0 Å². The van der Waals surface area contributed by atoms with E-state index in [0.29, 0.717) is 22.0 Å². The van der Waals surface area contributed by atoms with Crippen LogP contribution in [0.2, 0.25) is 10.0 Å². The van der Waals surface area contributed by atoms with Crippen molar-refractivity contribution in [3.8, 4) is 0 Å². The number of nitrogens with one attached hydrogen (secondary N) is 1. The molecule has 94 valence electrons. The first-order valence-electron chi connectivity index (χ1n) is 6.14. The molecule has 0 radical (unpaired) electrons. The molecule has 1 aliphatic rings. The molecule has 17 heavy (non-hydrogen) atoms. The lowest BCUT2D eigenvalue weighted by Gasteiger charge is -2.20. The van der Waals surface area contributed by atoms with Gasteiger partial charge in [-0.2, -0.15) is 0 Å². The van der Waals surface area contributed by atoms with Gasteiger partial charge in [0.25, 0.3) is 0 Å². The van der Waals surface area contributed by atoms with E-state index in [1.165, 1.54) is 12.0 Å². The highest BCUT2D eigenvalue weighted by molar-refractivity contribution is 6.42. The fourth-order valence-corrected chi connectivity index (χ4v) is 2.73. The molecule has 1 aliphatic carbocycles. The van der Waals surface area contributed by atoms with Crippen LogP contribution in [0, 0.1) is 5.92 Å². The summed E-state index contributed by atoms with van der Waals surface area (Å²) in [6.07, 6.45) is 1.23. The maximum absolute atomic E-state index is 6.11. The predicted octanol–water partition coefficient (Wildman–Crippen LogP) is 4.27. The molecule has 1 aromatic carbocycles. The Hall–Kier alpha value is -0.240. The van der Waals surface area contributed by atoms with E-state index in [-0.39, 0.29) is 5.41 Å². The van der Waals surface area contributed by atoms with Gasteiger partial charge in [-0.15, -0.1) is 0 Å². The molecule has 1 N–H and O–H groups in total. The first-order valence-corrected chi connectivity index (χ1v) is 6.90. The summed E-state index contributed by atoms with van der Waals surface area (Å²) in [6, 6.07) is 6.55. The molecule has 1 fully saturated rings. The maximum atomic E-state index is 6.11. The highest BCUT2D eigenvalue weighted by atomic mass is 35.5. The molecule has 0 aromatic heterocycles. The van der Waals surface area contributed by atoms with Crippen molar-refractivity contribution in [1.29, 1.82) is 0 Å². The van der Waals surface area contributed by atoms with Gasteiger partial charge in [-0.3, -0.25) is 0 Å². The quantitative estimate of drug-likeness (QED) is 0.863. The monoisotopic (exact) mass is 271 g/mol. The molecule has 0 heterocycles. The zero-order chi connectivity index (χ0) is 12.6. The second-order valence-corrected chi connectivity index (χ2v) is 6.24. The van der Waals surface area contributed by atoms with Crippen molar-refractivity contribution in [3.63, 3.8) is 0 Å². The Labute approximate surface area is 114 Å². The molecule has 2 atom stereocenters. The molecule has 0 saturated heterocycles. The van der Waals surface area contributed by atoms with E-state index in [0.717, 1.165) is 6.54 Å². The van der Waals surface area contributed by atoms with Crippen LogP contribution in [0.4, 0.5) is 0 Å². The molecule has 2 rings (SSSR count). The molecular formula is C14H19Cl2N. The number of benzene rings is 1. The minimum absolute atomic E-state index is 0.262. The summed E-state index contributed by atoms with van der Waals surface area (Å²) in [4.78, 5) is 0. The van der Waals surface area contributed by atoms with Crippen molar-refractivity contribution in [2.24, 2.45) is 5.92 Å². The van der Waals surface area contributed by atoms with E-state index in [2.05, 4.69) is 32.2 Å². The van der Waals surface area contributed by atoms with Gasteiger partial charge in [-0.1, -0.05) is 50.0 Å². The summed E-state index contributed by atoms with van der Waals surface area (Å²) in [5, 5.41) is 4.83. The van der Waals surface area contributed by atoms with Crippen LogP contribution < -0.4 is 5.32 Å². The van der Waals surface area contributed by atoms with Crippen molar-refractivity contribution in [2.45, 2.75) is 38.6 Å². The van der Waals surface area contributed by atoms with Crippen LogP contribution in [0.15, 0.2) is 18.2 Å². The van der Waals surface area contributed by atoms with E-state index in [1.807, 2.05) is 12.1 Å². The van der Waals surface area contributed by atoms with Gasteiger partial charge in [-0.25, -0.2) is 0 Å². The normalized spacial score (nSPS) is 27.5. The minimum Gasteiger partial charge on any atom is -0.314 e. The van der Waals surface area contributed by atoms with E-state index < -0.39 is 0 Å². The van der Waals surface area contributed by atoms with Gasteiger partial charge in [-0.05, 0) is 30.0 Å². The van der Waals surface area contributed by atoms with Crippen molar-refractivity contribution in [1.82, 2.24) is 5.32 Å². The standard InChI is InChI=1S/C14H19Cl2N/c1-9(2)17-8-14(7-10(14)3)11-4-5-12(15)13(16)6-11/h4-6,9-10,17H,7-8H2,1-3H3. The first-order chi connectivity index (χ1) is 7.95. The molecule has 2 unspecified atom stereocenters. The molecule has 1 saturated carbocycles. The molecule has 0 bridgehead atoms. The number of rotatable bonds is 4. The zero-order valence-electron chi connectivity index (χ0n) is 10.6. The van der Waals surface area contributed by atoms with Crippen LogP contribution >= 0.6 is 23.2 Å². The summed E-state index contributed by atoms with van der Waals surface area (Å²) < 4.78 is 0. The van der Waals surface area contributed by atoms with Crippen molar-refractivity contribution in [2.75, 3.05) is 6.54 Å². The Bertz CT molecular complexity index is 417. The average molecular weight is 272 g/mol. The molecule has 0 aliphatic heterocycles. The summed E-state index contributed by atoms with van der Waals surface area (Å²) in [6.45, 7) is 7.67. The lowest BCUT2D eigenvalue weighted by molar-refractivity contribution is 0.499.